The van der Waals surface area contributed by atoms with E-state index in [-0.39, 0.29) is 29.8 Å². The van der Waals surface area contributed by atoms with Crippen LogP contribution in [0.3, 0.4) is 0 Å². The van der Waals surface area contributed by atoms with Gasteiger partial charge >= 0.3 is 6.09 Å². The van der Waals surface area contributed by atoms with Gasteiger partial charge in [-0.25, -0.2) is 4.79 Å². The van der Waals surface area contributed by atoms with E-state index in [0.29, 0.717) is 18.3 Å². The average molecular weight is 384 g/mol. The molecule has 5 atom stereocenters. The molecule has 5 unspecified atom stereocenters. The summed E-state index contributed by atoms with van der Waals surface area (Å²) in [5, 5.41) is 8.39. The maximum Gasteiger partial charge on any atom is 0.413 e. The van der Waals surface area contributed by atoms with Gasteiger partial charge in [-0.05, 0) is 50.3 Å². The first kappa shape index (κ1) is 19.5. The summed E-state index contributed by atoms with van der Waals surface area (Å²) in [4.78, 5) is 36.5. The van der Waals surface area contributed by atoms with E-state index in [1.54, 1.807) is 18.7 Å². The van der Waals surface area contributed by atoms with Crippen LogP contribution in [0.25, 0.3) is 0 Å². The molecule has 3 rings (SSSR count). The summed E-state index contributed by atoms with van der Waals surface area (Å²) >= 11 is 1.56. The van der Waals surface area contributed by atoms with Gasteiger partial charge in [0.05, 0.1) is 23.9 Å². The Kier molecular flexibility index (Phi) is 6.80. The van der Waals surface area contributed by atoms with Crippen molar-refractivity contribution in [2.45, 2.75) is 56.9 Å². The van der Waals surface area contributed by atoms with Gasteiger partial charge in [-0.15, -0.1) is 11.8 Å². The third-order valence-corrected chi connectivity index (χ3v) is 7.04. The molecule has 3 amide bonds. The fourth-order valence-corrected chi connectivity index (χ4v) is 5.68. The fraction of sp³-hybridized carbons (Fsp3) is 0.833. The van der Waals surface area contributed by atoms with Gasteiger partial charge in [0.1, 0.15) is 0 Å². The number of imide groups is 1. The second-order valence-corrected chi connectivity index (χ2v) is 8.66. The van der Waals surface area contributed by atoms with Gasteiger partial charge in [0.2, 0.25) is 11.8 Å². The molecule has 0 bridgehead atoms. The molecule has 2 heterocycles. The molecule has 8 heteroatoms. The van der Waals surface area contributed by atoms with Crippen LogP contribution in [-0.4, -0.2) is 48.2 Å². The van der Waals surface area contributed by atoms with E-state index >= 15 is 0 Å². The number of hydrogen-bond donors (Lipinski definition) is 3. The van der Waals surface area contributed by atoms with Crippen LogP contribution in [0.1, 0.15) is 45.4 Å². The van der Waals surface area contributed by atoms with E-state index in [1.807, 2.05) is 0 Å². The molecular formula is C18H29N3O4S. The van der Waals surface area contributed by atoms with Gasteiger partial charge in [0.25, 0.3) is 0 Å². The first-order valence-corrected chi connectivity index (χ1v) is 10.8. The summed E-state index contributed by atoms with van der Waals surface area (Å²) in [6.07, 6.45) is 5.85. The van der Waals surface area contributed by atoms with Crippen molar-refractivity contribution in [2.75, 3.05) is 18.9 Å². The summed E-state index contributed by atoms with van der Waals surface area (Å²) in [6.45, 7) is 2.81. The standard InChI is InChI=1S/C18H29N3O4S/c1-2-25-18(24)21-15(22)13-7-8-26-17(13)20-16(23)14-9-11-5-3-4-6-12(11)10-19-14/h11-14,17,19H,2-10H2,1H3,(H,20,23)(H,21,22,24). The molecule has 0 aromatic carbocycles. The number of fused-ring (bicyclic) bond motifs is 1. The zero-order valence-corrected chi connectivity index (χ0v) is 16.1. The van der Waals surface area contributed by atoms with Crippen molar-refractivity contribution in [3.63, 3.8) is 0 Å². The second-order valence-electron chi connectivity index (χ2n) is 7.41. The minimum atomic E-state index is -0.725. The zero-order valence-electron chi connectivity index (χ0n) is 15.3. The van der Waals surface area contributed by atoms with Gasteiger partial charge in [-0.2, -0.15) is 0 Å². The first-order chi connectivity index (χ1) is 12.6. The lowest BCUT2D eigenvalue weighted by atomic mass is 9.73. The summed E-state index contributed by atoms with van der Waals surface area (Å²) in [6, 6.07) is -0.177. The van der Waals surface area contributed by atoms with Crippen molar-refractivity contribution < 1.29 is 19.1 Å². The molecule has 3 aliphatic rings. The molecule has 2 saturated heterocycles. The van der Waals surface area contributed by atoms with Crippen LogP contribution in [0.2, 0.25) is 0 Å². The van der Waals surface area contributed by atoms with Crippen molar-refractivity contribution in [1.29, 1.82) is 0 Å². The van der Waals surface area contributed by atoms with Gasteiger partial charge in [0.15, 0.2) is 0 Å². The number of thioether (sulfide) groups is 1. The van der Waals surface area contributed by atoms with Gasteiger partial charge in [-0.3, -0.25) is 14.9 Å². The van der Waals surface area contributed by atoms with Crippen molar-refractivity contribution in [2.24, 2.45) is 17.8 Å². The molecule has 1 saturated carbocycles. The predicted octanol–water partition coefficient (Wildman–Crippen LogP) is 1.62. The van der Waals surface area contributed by atoms with Crippen molar-refractivity contribution in [1.82, 2.24) is 16.0 Å². The molecule has 1 aliphatic carbocycles. The van der Waals surface area contributed by atoms with Crippen LogP contribution in [0.5, 0.6) is 0 Å². The van der Waals surface area contributed by atoms with E-state index in [9.17, 15) is 14.4 Å². The molecule has 3 N–H and O–H groups in total. The number of alkyl carbamates (subject to hydrolysis) is 1. The Balaban J connectivity index is 1.51. The van der Waals surface area contributed by atoms with Gasteiger partial charge in [0, 0.05) is 0 Å². The number of carbonyl (C=O) groups excluding carboxylic acids is 3. The highest BCUT2D eigenvalue weighted by atomic mass is 32.2. The van der Waals surface area contributed by atoms with E-state index < -0.39 is 12.0 Å². The Bertz CT molecular complexity index is 545. The Morgan fingerprint density at radius 1 is 1.12 bits per heavy atom. The minimum absolute atomic E-state index is 0.0256. The summed E-state index contributed by atoms with van der Waals surface area (Å²) < 4.78 is 4.76. The van der Waals surface area contributed by atoms with E-state index in [0.717, 1.165) is 18.7 Å². The molecule has 0 radical (unpaired) electrons. The first-order valence-electron chi connectivity index (χ1n) is 9.71. The maximum atomic E-state index is 12.7. The van der Waals surface area contributed by atoms with Crippen LogP contribution in [0.15, 0.2) is 0 Å². The summed E-state index contributed by atoms with van der Waals surface area (Å²) in [5.41, 5.74) is 0. The average Bonchev–Trinajstić information content (AvgIpc) is 3.09. The Hall–Kier alpha value is -1.28. The fourth-order valence-electron chi connectivity index (χ4n) is 4.34. The number of piperidine rings is 1. The number of amides is 3. The number of nitrogens with one attached hydrogen (secondary N) is 3. The maximum absolute atomic E-state index is 12.7. The molecule has 7 nitrogen and oxygen atoms in total. The number of ether oxygens (including phenoxy) is 1. The number of carbonyl (C=O) groups is 3. The van der Waals surface area contributed by atoms with Crippen molar-refractivity contribution >= 4 is 29.7 Å². The monoisotopic (exact) mass is 383 g/mol. The second kappa shape index (κ2) is 9.08. The smallest absolute Gasteiger partial charge is 0.413 e. The van der Waals surface area contributed by atoms with Gasteiger partial charge in [-0.1, -0.05) is 19.3 Å². The quantitative estimate of drug-likeness (QED) is 0.683. The largest absolute Gasteiger partial charge is 0.450 e. The number of rotatable bonds is 4. The van der Waals surface area contributed by atoms with E-state index in [1.165, 1.54) is 25.7 Å². The molecule has 2 aliphatic heterocycles. The molecule has 26 heavy (non-hydrogen) atoms. The lowest BCUT2D eigenvalue weighted by Crippen LogP contribution is -2.55. The summed E-state index contributed by atoms with van der Waals surface area (Å²) in [5.74, 6) is 1.33. The molecular weight excluding hydrogens is 354 g/mol. The molecule has 0 spiro atoms. The van der Waals surface area contributed by atoms with Gasteiger partial charge < -0.3 is 15.4 Å². The Labute approximate surface area is 158 Å². The molecule has 3 fully saturated rings. The summed E-state index contributed by atoms with van der Waals surface area (Å²) in [7, 11) is 0. The van der Waals surface area contributed by atoms with Crippen molar-refractivity contribution in [3.8, 4) is 0 Å². The molecule has 0 aromatic rings. The highest BCUT2D eigenvalue weighted by Crippen LogP contribution is 2.36. The Morgan fingerprint density at radius 3 is 2.65 bits per heavy atom. The SMILES string of the molecule is CCOC(=O)NC(=O)C1CCSC1NC(=O)C1CC2CCCCC2CN1. The lowest BCUT2D eigenvalue weighted by Gasteiger charge is -2.39. The highest BCUT2D eigenvalue weighted by molar-refractivity contribution is 8.00. The van der Waals surface area contributed by atoms with E-state index in [4.69, 9.17) is 4.74 Å². The van der Waals surface area contributed by atoms with Crippen LogP contribution in [0.4, 0.5) is 4.79 Å². The highest BCUT2D eigenvalue weighted by Gasteiger charge is 2.39. The van der Waals surface area contributed by atoms with Crippen LogP contribution in [0, 0.1) is 17.8 Å². The van der Waals surface area contributed by atoms with Crippen molar-refractivity contribution in [3.05, 3.63) is 0 Å². The van der Waals surface area contributed by atoms with Crippen LogP contribution < -0.4 is 16.0 Å². The number of hydrogen-bond acceptors (Lipinski definition) is 6. The normalized spacial score (nSPS) is 33.8. The lowest BCUT2D eigenvalue weighted by molar-refractivity contribution is -0.126. The molecule has 146 valence electrons. The van der Waals surface area contributed by atoms with Crippen LogP contribution >= 0.6 is 11.8 Å². The van der Waals surface area contributed by atoms with Crippen LogP contribution in [-0.2, 0) is 14.3 Å². The minimum Gasteiger partial charge on any atom is -0.450 e. The predicted molar refractivity (Wildman–Crippen MR) is 99.5 cm³/mol. The topological polar surface area (TPSA) is 96.5 Å². The third kappa shape index (κ3) is 4.71. The zero-order chi connectivity index (χ0) is 18.5. The van der Waals surface area contributed by atoms with E-state index in [2.05, 4.69) is 16.0 Å². The molecule has 0 aromatic heterocycles. The third-order valence-electron chi connectivity index (χ3n) is 5.76. The Morgan fingerprint density at radius 2 is 1.88 bits per heavy atom.